The molecule has 2 aromatic rings. The van der Waals surface area contributed by atoms with Crippen LogP contribution in [0.25, 0.3) is 0 Å². The number of carbonyl (C=O) groups is 1. The predicted octanol–water partition coefficient (Wildman–Crippen LogP) is 3.55. The molecule has 23 heavy (non-hydrogen) atoms. The Labute approximate surface area is 138 Å². The van der Waals surface area contributed by atoms with Crippen LogP contribution in [-0.2, 0) is 11.4 Å². The summed E-state index contributed by atoms with van der Waals surface area (Å²) < 4.78 is 5.85. The van der Waals surface area contributed by atoms with Crippen molar-refractivity contribution in [3.8, 4) is 5.75 Å². The number of ether oxygens (including phenoxy) is 1. The molecule has 0 bridgehead atoms. The maximum atomic E-state index is 12.2. The van der Waals surface area contributed by atoms with Gasteiger partial charge in [0.15, 0.2) is 0 Å². The summed E-state index contributed by atoms with van der Waals surface area (Å²) in [6.07, 6.45) is 0. The fourth-order valence-corrected chi connectivity index (χ4v) is 2.27. The van der Waals surface area contributed by atoms with Crippen LogP contribution in [0.5, 0.6) is 5.75 Å². The lowest BCUT2D eigenvalue weighted by molar-refractivity contribution is -0.117. The van der Waals surface area contributed by atoms with E-state index in [1.54, 1.807) is 0 Å². The maximum absolute atomic E-state index is 12.2. The Kier molecular flexibility index (Phi) is 6.63. The first kappa shape index (κ1) is 17.0. The third kappa shape index (κ3) is 5.42. The van der Waals surface area contributed by atoms with Crippen LogP contribution in [0.1, 0.15) is 19.4 Å². The summed E-state index contributed by atoms with van der Waals surface area (Å²) in [7, 11) is 0. The molecule has 0 aliphatic carbocycles. The standard InChI is InChI=1S/C19H24N2O2/c1-3-21(4-2)14-19(22)20-17-12-8-9-13-18(17)23-15-16-10-6-5-7-11-16/h5-13H,3-4,14-15H2,1-2H3,(H,20,22). The second kappa shape index (κ2) is 8.96. The normalized spacial score (nSPS) is 10.6. The lowest BCUT2D eigenvalue weighted by Gasteiger charge is -2.18. The summed E-state index contributed by atoms with van der Waals surface area (Å²) in [5.74, 6) is 0.661. The molecule has 2 aromatic carbocycles. The van der Waals surface area contributed by atoms with Crippen LogP contribution in [0, 0.1) is 0 Å². The minimum Gasteiger partial charge on any atom is -0.487 e. The molecule has 1 N–H and O–H groups in total. The molecule has 0 spiro atoms. The molecule has 0 saturated carbocycles. The number of anilines is 1. The number of nitrogens with zero attached hydrogens (tertiary/aromatic N) is 1. The van der Waals surface area contributed by atoms with Gasteiger partial charge in [0.1, 0.15) is 12.4 Å². The lowest BCUT2D eigenvalue weighted by Crippen LogP contribution is -2.33. The fourth-order valence-electron chi connectivity index (χ4n) is 2.27. The summed E-state index contributed by atoms with van der Waals surface area (Å²) in [5, 5.41) is 2.94. The largest absolute Gasteiger partial charge is 0.487 e. The smallest absolute Gasteiger partial charge is 0.238 e. The van der Waals surface area contributed by atoms with Gasteiger partial charge in [-0.15, -0.1) is 0 Å². The van der Waals surface area contributed by atoms with Crippen LogP contribution in [0.4, 0.5) is 5.69 Å². The summed E-state index contributed by atoms with van der Waals surface area (Å²) in [5.41, 5.74) is 1.80. The summed E-state index contributed by atoms with van der Waals surface area (Å²) >= 11 is 0. The fraction of sp³-hybridized carbons (Fsp3) is 0.316. The Morgan fingerprint density at radius 2 is 1.65 bits per heavy atom. The van der Waals surface area contributed by atoms with Crippen molar-refractivity contribution in [1.29, 1.82) is 0 Å². The Hall–Kier alpha value is -2.33. The van der Waals surface area contributed by atoms with Gasteiger partial charge in [0.05, 0.1) is 12.2 Å². The molecule has 0 unspecified atom stereocenters. The topological polar surface area (TPSA) is 41.6 Å². The number of benzene rings is 2. The van der Waals surface area contributed by atoms with Crippen molar-refractivity contribution >= 4 is 11.6 Å². The minimum absolute atomic E-state index is 0.0236. The number of nitrogens with one attached hydrogen (secondary N) is 1. The second-order valence-corrected chi connectivity index (χ2v) is 5.28. The van der Waals surface area contributed by atoms with Crippen molar-refractivity contribution in [3.63, 3.8) is 0 Å². The molecular weight excluding hydrogens is 288 g/mol. The van der Waals surface area contributed by atoms with Crippen molar-refractivity contribution in [2.45, 2.75) is 20.5 Å². The van der Waals surface area contributed by atoms with E-state index in [1.165, 1.54) is 0 Å². The lowest BCUT2D eigenvalue weighted by atomic mass is 10.2. The van der Waals surface area contributed by atoms with Crippen molar-refractivity contribution in [1.82, 2.24) is 4.90 Å². The molecule has 0 fully saturated rings. The number of amides is 1. The van der Waals surface area contributed by atoms with E-state index in [0.717, 1.165) is 18.7 Å². The van der Waals surface area contributed by atoms with E-state index in [0.29, 0.717) is 24.6 Å². The number of likely N-dealkylation sites (N-methyl/N-ethyl adjacent to an activating group) is 1. The Bertz CT molecular complexity index is 610. The summed E-state index contributed by atoms with van der Waals surface area (Å²) in [6, 6.07) is 17.5. The third-order valence-corrected chi connectivity index (χ3v) is 3.66. The van der Waals surface area contributed by atoms with E-state index in [2.05, 4.69) is 10.2 Å². The average molecular weight is 312 g/mol. The first-order valence-electron chi connectivity index (χ1n) is 8.00. The van der Waals surface area contributed by atoms with E-state index >= 15 is 0 Å². The number of carbonyl (C=O) groups excluding carboxylic acids is 1. The number of para-hydroxylation sites is 2. The molecule has 0 radical (unpaired) electrons. The highest BCUT2D eigenvalue weighted by Crippen LogP contribution is 2.24. The van der Waals surface area contributed by atoms with Crippen molar-refractivity contribution in [3.05, 3.63) is 60.2 Å². The molecule has 2 rings (SSSR count). The SMILES string of the molecule is CCN(CC)CC(=O)Nc1ccccc1OCc1ccccc1. The van der Waals surface area contributed by atoms with Crippen molar-refractivity contribution in [2.75, 3.05) is 25.0 Å². The zero-order chi connectivity index (χ0) is 16.5. The van der Waals surface area contributed by atoms with Gasteiger partial charge in [-0.05, 0) is 30.8 Å². The Morgan fingerprint density at radius 1 is 1.00 bits per heavy atom. The van der Waals surface area contributed by atoms with Crippen LogP contribution in [-0.4, -0.2) is 30.4 Å². The Morgan fingerprint density at radius 3 is 2.35 bits per heavy atom. The highest BCUT2D eigenvalue weighted by Gasteiger charge is 2.10. The molecule has 0 atom stereocenters. The highest BCUT2D eigenvalue weighted by atomic mass is 16.5. The minimum atomic E-state index is -0.0236. The highest BCUT2D eigenvalue weighted by molar-refractivity contribution is 5.93. The zero-order valence-corrected chi connectivity index (χ0v) is 13.8. The van der Waals surface area contributed by atoms with E-state index in [-0.39, 0.29) is 5.91 Å². The van der Waals surface area contributed by atoms with Gasteiger partial charge in [-0.2, -0.15) is 0 Å². The quantitative estimate of drug-likeness (QED) is 0.810. The first-order chi connectivity index (χ1) is 11.2. The Balaban J connectivity index is 1.98. The van der Waals surface area contributed by atoms with E-state index in [1.807, 2.05) is 68.4 Å². The zero-order valence-electron chi connectivity index (χ0n) is 13.8. The molecule has 0 heterocycles. The van der Waals surface area contributed by atoms with Gasteiger partial charge in [-0.25, -0.2) is 0 Å². The van der Waals surface area contributed by atoms with Crippen LogP contribution in [0.3, 0.4) is 0 Å². The van der Waals surface area contributed by atoms with Gasteiger partial charge >= 0.3 is 0 Å². The van der Waals surface area contributed by atoms with Gasteiger partial charge in [0.2, 0.25) is 5.91 Å². The average Bonchev–Trinajstić information content (AvgIpc) is 2.60. The van der Waals surface area contributed by atoms with Gasteiger partial charge in [0, 0.05) is 0 Å². The van der Waals surface area contributed by atoms with Gasteiger partial charge < -0.3 is 10.1 Å². The molecular formula is C19H24N2O2. The van der Waals surface area contributed by atoms with Crippen molar-refractivity contribution in [2.24, 2.45) is 0 Å². The van der Waals surface area contributed by atoms with Crippen LogP contribution in [0.15, 0.2) is 54.6 Å². The number of hydrogen-bond donors (Lipinski definition) is 1. The molecule has 0 aliphatic rings. The molecule has 0 aromatic heterocycles. The molecule has 0 saturated heterocycles. The second-order valence-electron chi connectivity index (χ2n) is 5.28. The monoisotopic (exact) mass is 312 g/mol. The van der Waals surface area contributed by atoms with Gasteiger partial charge in [-0.1, -0.05) is 56.3 Å². The van der Waals surface area contributed by atoms with Crippen molar-refractivity contribution < 1.29 is 9.53 Å². The van der Waals surface area contributed by atoms with Crippen LogP contribution >= 0.6 is 0 Å². The van der Waals surface area contributed by atoms with Gasteiger partial charge in [-0.3, -0.25) is 9.69 Å². The maximum Gasteiger partial charge on any atom is 0.238 e. The van der Waals surface area contributed by atoms with Crippen LogP contribution < -0.4 is 10.1 Å². The molecule has 4 heteroatoms. The predicted molar refractivity (Wildman–Crippen MR) is 93.6 cm³/mol. The van der Waals surface area contributed by atoms with E-state index < -0.39 is 0 Å². The molecule has 1 amide bonds. The number of rotatable bonds is 8. The molecule has 4 nitrogen and oxygen atoms in total. The number of hydrogen-bond acceptors (Lipinski definition) is 3. The van der Waals surface area contributed by atoms with Gasteiger partial charge in [0.25, 0.3) is 0 Å². The molecule has 122 valence electrons. The summed E-state index contributed by atoms with van der Waals surface area (Å²) in [4.78, 5) is 14.2. The first-order valence-corrected chi connectivity index (χ1v) is 8.00. The summed E-state index contributed by atoms with van der Waals surface area (Å²) in [6.45, 7) is 6.68. The van der Waals surface area contributed by atoms with Crippen LogP contribution in [0.2, 0.25) is 0 Å². The third-order valence-electron chi connectivity index (χ3n) is 3.66. The van der Waals surface area contributed by atoms with E-state index in [9.17, 15) is 4.79 Å². The van der Waals surface area contributed by atoms with E-state index in [4.69, 9.17) is 4.74 Å². The molecule has 0 aliphatic heterocycles.